The number of hydrogen-bond donors (Lipinski definition) is 0. The topological polar surface area (TPSA) is 88.6 Å². The lowest BCUT2D eigenvalue weighted by Gasteiger charge is -2.13. The zero-order valence-corrected chi connectivity index (χ0v) is 17.3. The minimum atomic E-state index is 0.519. The third-order valence-electron chi connectivity index (χ3n) is 5.14. The Morgan fingerprint density at radius 3 is 2.29 bits per heavy atom. The van der Waals surface area contributed by atoms with Crippen molar-refractivity contribution >= 4 is 16.7 Å². The Morgan fingerprint density at radius 1 is 0.871 bits per heavy atom. The van der Waals surface area contributed by atoms with Crippen LogP contribution in [0.1, 0.15) is 5.56 Å². The summed E-state index contributed by atoms with van der Waals surface area (Å²) in [6.07, 6.45) is 3.48. The van der Waals surface area contributed by atoms with Gasteiger partial charge in [0, 0.05) is 5.56 Å². The van der Waals surface area contributed by atoms with Crippen LogP contribution in [0.5, 0.6) is 17.2 Å². The number of ether oxygens (including phenoxy) is 3. The summed E-state index contributed by atoms with van der Waals surface area (Å²) < 4.78 is 20.0. The number of aromatic nitrogens is 6. The number of methoxy groups -OCH3 is 3. The number of hydrogen-bond acceptors (Lipinski definition) is 7. The van der Waals surface area contributed by atoms with Gasteiger partial charge in [0.05, 0.1) is 39.5 Å². The van der Waals surface area contributed by atoms with E-state index in [0.29, 0.717) is 35.3 Å². The number of benzene rings is 2. The molecule has 5 rings (SSSR count). The predicted molar refractivity (Wildman–Crippen MR) is 115 cm³/mol. The van der Waals surface area contributed by atoms with E-state index in [1.807, 2.05) is 39.4 Å². The van der Waals surface area contributed by atoms with Crippen LogP contribution in [0.15, 0.2) is 55.0 Å². The second-order valence-corrected chi connectivity index (χ2v) is 6.90. The standard InChI is InChI=1S/C22H20N6O3/c1-29-17-9-15(10-18(30-2)19(17)31-3)20-25-26-22-16-11-24-28(21(16)23-13-27(20)22)12-14-7-5-4-6-8-14/h4-11,13H,12H2,1-3H3. The maximum atomic E-state index is 5.47. The highest BCUT2D eigenvalue weighted by molar-refractivity contribution is 5.89. The van der Waals surface area contributed by atoms with Crippen molar-refractivity contribution in [1.29, 1.82) is 0 Å². The predicted octanol–water partition coefficient (Wildman–Crippen LogP) is 3.22. The molecule has 5 aromatic rings. The molecule has 3 aromatic heterocycles. The summed E-state index contributed by atoms with van der Waals surface area (Å²) in [6, 6.07) is 13.8. The molecular weight excluding hydrogens is 396 g/mol. The molecule has 9 nitrogen and oxygen atoms in total. The van der Waals surface area contributed by atoms with E-state index >= 15 is 0 Å². The fourth-order valence-electron chi connectivity index (χ4n) is 3.65. The Kier molecular flexibility index (Phi) is 4.62. The number of rotatable bonds is 6. The van der Waals surface area contributed by atoms with Crippen LogP contribution in [-0.4, -0.2) is 50.7 Å². The minimum Gasteiger partial charge on any atom is -0.493 e. The van der Waals surface area contributed by atoms with Gasteiger partial charge in [-0.1, -0.05) is 30.3 Å². The highest BCUT2D eigenvalue weighted by Crippen LogP contribution is 2.41. The van der Waals surface area contributed by atoms with E-state index < -0.39 is 0 Å². The van der Waals surface area contributed by atoms with Crippen molar-refractivity contribution in [2.24, 2.45) is 0 Å². The molecule has 0 saturated carbocycles. The van der Waals surface area contributed by atoms with Crippen LogP contribution in [0, 0.1) is 0 Å². The first-order valence-corrected chi connectivity index (χ1v) is 9.63. The van der Waals surface area contributed by atoms with Crippen molar-refractivity contribution in [3.63, 3.8) is 0 Å². The van der Waals surface area contributed by atoms with Gasteiger partial charge in [-0.25, -0.2) is 9.67 Å². The van der Waals surface area contributed by atoms with Crippen molar-refractivity contribution in [2.75, 3.05) is 21.3 Å². The van der Waals surface area contributed by atoms with Crippen LogP contribution in [-0.2, 0) is 6.54 Å². The third kappa shape index (κ3) is 3.10. The van der Waals surface area contributed by atoms with E-state index in [9.17, 15) is 0 Å². The molecule has 0 atom stereocenters. The van der Waals surface area contributed by atoms with E-state index in [-0.39, 0.29) is 0 Å². The SMILES string of the molecule is COc1cc(-c2nnc3c4cnn(Cc5ccccc5)c4ncn23)cc(OC)c1OC. The number of fused-ring (bicyclic) bond motifs is 3. The zero-order valence-electron chi connectivity index (χ0n) is 17.3. The molecule has 0 N–H and O–H groups in total. The summed E-state index contributed by atoms with van der Waals surface area (Å²) in [5.74, 6) is 2.21. The minimum absolute atomic E-state index is 0.519. The summed E-state index contributed by atoms with van der Waals surface area (Å²) in [4.78, 5) is 4.64. The summed E-state index contributed by atoms with van der Waals surface area (Å²) >= 11 is 0. The van der Waals surface area contributed by atoms with Gasteiger partial charge < -0.3 is 14.2 Å². The van der Waals surface area contributed by atoms with Crippen LogP contribution in [0.2, 0.25) is 0 Å². The van der Waals surface area contributed by atoms with Crippen molar-refractivity contribution in [3.8, 4) is 28.6 Å². The van der Waals surface area contributed by atoms with Gasteiger partial charge in [0.1, 0.15) is 6.33 Å². The lowest BCUT2D eigenvalue weighted by atomic mass is 10.1. The van der Waals surface area contributed by atoms with E-state index in [1.54, 1.807) is 33.9 Å². The maximum Gasteiger partial charge on any atom is 0.203 e. The molecule has 3 heterocycles. The van der Waals surface area contributed by atoms with E-state index in [2.05, 4.69) is 32.4 Å². The molecule has 0 unspecified atom stereocenters. The number of nitrogens with zero attached hydrogens (tertiary/aromatic N) is 6. The second-order valence-electron chi connectivity index (χ2n) is 6.90. The van der Waals surface area contributed by atoms with Crippen molar-refractivity contribution in [2.45, 2.75) is 6.54 Å². The van der Waals surface area contributed by atoms with Gasteiger partial charge >= 0.3 is 0 Å². The maximum absolute atomic E-state index is 5.47. The van der Waals surface area contributed by atoms with Gasteiger partial charge in [0.2, 0.25) is 5.75 Å². The summed E-state index contributed by atoms with van der Waals surface area (Å²) in [6.45, 7) is 0.626. The van der Waals surface area contributed by atoms with Gasteiger partial charge in [-0.05, 0) is 17.7 Å². The molecule has 0 aliphatic heterocycles. The average Bonchev–Trinajstić information content (AvgIpc) is 3.43. The van der Waals surface area contributed by atoms with E-state index in [1.165, 1.54) is 0 Å². The molecule has 0 amide bonds. The van der Waals surface area contributed by atoms with Crippen LogP contribution in [0.3, 0.4) is 0 Å². The summed E-state index contributed by atoms with van der Waals surface area (Å²) in [5, 5.41) is 14.1. The van der Waals surface area contributed by atoms with Crippen molar-refractivity contribution in [3.05, 3.63) is 60.6 Å². The smallest absolute Gasteiger partial charge is 0.203 e. The highest BCUT2D eigenvalue weighted by Gasteiger charge is 2.19. The van der Waals surface area contributed by atoms with Gasteiger partial charge in [-0.15, -0.1) is 10.2 Å². The van der Waals surface area contributed by atoms with Crippen molar-refractivity contribution in [1.82, 2.24) is 29.4 Å². The Morgan fingerprint density at radius 2 is 1.61 bits per heavy atom. The normalized spacial score (nSPS) is 11.2. The molecule has 31 heavy (non-hydrogen) atoms. The molecule has 0 bridgehead atoms. The van der Waals surface area contributed by atoms with E-state index in [0.717, 1.165) is 22.2 Å². The Labute approximate surface area is 177 Å². The molecule has 2 aromatic carbocycles. The average molecular weight is 416 g/mol. The first-order chi connectivity index (χ1) is 15.2. The molecule has 9 heteroatoms. The largest absolute Gasteiger partial charge is 0.493 e. The van der Waals surface area contributed by atoms with Gasteiger partial charge in [-0.3, -0.25) is 4.40 Å². The van der Waals surface area contributed by atoms with Crippen LogP contribution in [0.4, 0.5) is 0 Å². The molecule has 0 aliphatic carbocycles. The molecule has 156 valence electrons. The zero-order chi connectivity index (χ0) is 21.4. The van der Waals surface area contributed by atoms with Crippen molar-refractivity contribution < 1.29 is 14.2 Å². The Hall–Kier alpha value is -4.14. The van der Waals surface area contributed by atoms with Crippen LogP contribution in [0.25, 0.3) is 28.1 Å². The first kappa shape index (κ1) is 18.9. The first-order valence-electron chi connectivity index (χ1n) is 9.63. The van der Waals surface area contributed by atoms with Gasteiger partial charge in [-0.2, -0.15) is 5.10 Å². The molecular formula is C22H20N6O3. The third-order valence-corrected chi connectivity index (χ3v) is 5.14. The molecule has 0 spiro atoms. The summed E-state index contributed by atoms with van der Waals surface area (Å²) in [5.41, 5.74) is 3.34. The Bertz CT molecular complexity index is 1350. The highest BCUT2D eigenvalue weighted by atomic mass is 16.5. The quantitative estimate of drug-likeness (QED) is 0.420. The molecule has 0 radical (unpaired) electrons. The lowest BCUT2D eigenvalue weighted by Crippen LogP contribution is -2.03. The van der Waals surface area contributed by atoms with Crippen LogP contribution < -0.4 is 14.2 Å². The van der Waals surface area contributed by atoms with E-state index in [4.69, 9.17) is 14.2 Å². The lowest BCUT2D eigenvalue weighted by molar-refractivity contribution is 0.324. The van der Waals surface area contributed by atoms with Gasteiger partial charge in [0.15, 0.2) is 28.6 Å². The summed E-state index contributed by atoms with van der Waals surface area (Å²) in [7, 11) is 4.73. The fraction of sp³-hybridized carbons (Fsp3) is 0.182. The molecule has 0 saturated heterocycles. The Balaban J connectivity index is 1.62. The monoisotopic (exact) mass is 416 g/mol. The van der Waals surface area contributed by atoms with Crippen LogP contribution >= 0.6 is 0 Å². The van der Waals surface area contributed by atoms with Gasteiger partial charge in [0.25, 0.3) is 0 Å². The molecule has 0 aliphatic rings. The fourth-order valence-corrected chi connectivity index (χ4v) is 3.65. The molecule has 0 fully saturated rings. The second kappa shape index (κ2) is 7.60.